The summed E-state index contributed by atoms with van der Waals surface area (Å²) in [4.78, 5) is 17.2. The molecule has 5 heteroatoms. The van der Waals surface area contributed by atoms with Gasteiger partial charge in [0.1, 0.15) is 5.82 Å². The zero-order valence-corrected chi connectivity index (χ0v) is 15.4. The van der Waals surface area contributed by atoms with Crippen LogP contribution in [0.15, 0.2) is 54.6 Å². The van der Waals surface area contributed by atoms with Gasteiger partial charge in [-0.2, -0.15) is 0 Å². The van der Waals surface area contributed by atoms with E-state index in [1.165, 1.54) is 17.8 Å². The second kappa shape index (κ2) is 8.32. The molecule has 1 aliphatic rings. The highest BCUT2D eigenvalue weighted by Crippen LogP contribution is 2.17. The average Bonchev–Trinajstić information content (AvgIpc) is 2.68. The summed E-state index contributed by atoms with van der Waals surface area (Å²) in [5.74, 6) is -0.257. The fourth-order valence-corrected chi connectivity index (χ4v) is 3.34. The Bertz CT molecular complexity index is 712. The second-order valence-corrected chi connectivity index (χ2v) is 6.82. The van der Waals surface area contributed by atoms with Crippen molar-refractivity contribution in [2.45, 2.75) is 25.9 Å². The van der Waals surface area contributed by atoms with Crippen LogP contribution < -0.4 is 10.2 Å². The van der Waals surface area contributed by atoms with Crippen molar-refractivity contribution in [3.05, 3.63) is 66.0 Å². The van der Waals surface area contributed by atoms with Crippen LogP contribution in [0.2, 0.25) is 0 Å². The molecule has 0 spiro atoms. The van der Waals surface area contributed by atoms with Crippen LogP contribution in [-0.2, 0) is 4.79 Å². The molecule has 3 rings (SSSR count). The molecule has 0 aromatic heterocycles. The van der Waals surface area contributed by atoms with Gasteiger partial charge < -0.3 is 10.2 Å². The number of hydrogen-bond acceptors (Lipinski definition) is 3. The molecule has 2 aromatic rings. The first-order valence-corrected chi connectivity index (χ1v) is 9.14. The fourth-order valence-electron chi connectivity index (χ4n) is 3.34. The van der Waals surface area contributed by atoms with Gasteiger partial charge in [0.05, 0.1) is 12.1 Å². The Kier molecular flexibility index (Phi) is 5.89. The van der Waals surface area contributed by atoms with E-state index in [2.05, 4.69) is 39.4 Å². The number of amides is 1. The molecule has 1 saturated heterocycles. The van der Waals surface area contributed by atoms with Gasteiger partial charge in [-0.3, -0.25) is 9.69 Å². The van der Waals surface area contributed by atoms with Crippen LogP contribution in [0.1, 0.15) is 25.5 Å². The van der Waals surface area contributed by atoms with E-state index in [1.54, 1.807) is 12.1 Å². The highest BCUT2D eigenvalue weighted by atomic mass is 19.1. The van der Waals surface area contributed by atoms with Crippen LogP contribution >= 0.6 is 0 Å². The minimum absolute atomic E-state index is 0.00925. The number of anilines is 1. The van der Waals surface area contributed by atoms with Crippen molar-refractivity contribution in [3.63, 3.8) is 0 Å². The van der Waals surface area contributed by atoms with E-state index < -0.39 is 0 Å². The van der Waals surface area contributed by atoms with Crippen molar-refractivity contribution in [3.8, 4) is 0 Å². The van der Waals surface area contributed by atoms with Gasteiger partial charge in [-0.05, 0) is 43.7 Å². The first-order valence-electron chi connectivity index (χ1n) is 9.14. The van der Waals surface area contributed by atoms with E-state index in [-0.39, 0.29) is 23.8 Å². The summed E-state index contributed by atoms with van der Waals surface area (Å²) >= 11 is 0. The zero-order valence-electron chi connectivity index (χ0n) is 15.4. The van der Waals surface area contributed by atoms with E-state index >= 15 is 0 Å². The topological polar surface area (TPSA) is 35.6 Å². The molecule has 0 unspecified atom stereocenters. The van der Waals surface area contributed by atoms with Crippen LogP contribution in [0.4, 0.5) is 10.1 Å². The monoisotopic (exact) mass is 355 g/mol. The molecule has 1 heterocycles. The number of piperazine rings is 1. The lowest BCUT2D eigenvalue weighted by Gasteiger charge is -2.38. The van der Waals surface area contributed by atoms with Crippen LogP contribution in [0.5, 0.6) is 0 Å². The zero-order chi connectivity index (χ0) is 18.5. The Morgan fingerprint density at radius 3 is 2.19 bits per heavy atom. The third kappa shape index (κ3) is 4.41. The summed E-state index contributed by atoms with van der Waals surface area (Å²) in [6.07, 6.45) is 0. The van der Waals surface area contributed by atoms with E-state index in [0.29, 0.717) is 0 Å². The summed E-state index contributed by atoms with van der Waals surface area (Å²) in [6.45, 7) is 7.41. The molecule has 0 saturated carbocycles. The Labute approximate surface area is 154 Å². The van der Waals surface area contributed by atoms with Crippen molar-refractivity contribution in [2.24, 2.45) is 0 Å². The van der Waals surface area contributed by atoms with E-state index in [9.17, 15) is 9.18 Å². The smallest absolute Gasteiger partial charge is 0.237 e. The maximum absolute atomic E-state index is 13.0. The number of benzene rings is 2. The maximum atomic E-state index is 13.0. The quantitative estimate of drug-likeness (QED) is 0.895. The lowest BCUT2D eigenvalue weighted by molar-refractivity contribution is -0.126. The van der Waals surface area contributed by atoms with Gasteiger partial charge in [0, 0.05) is 31.9 Å². The van der Waals surface area contributed by atoms with Gasteiger partial charge in [0.2, 0.25) is 5.91 Å². The van der Waals surface area contributed by atoms with Crippen LogP contribution in [0.25, 0.3) is 0 Å². The lowest BCUT2D eigenvalue weighted by Crippen LogP contribution is -2.54. The summed E-state index contributed by atoms with van der Waals surface area (Å²) < 4.78 is 13.0. The maximum Gasteiger partial charge on any atom is 0.237 e. The Morgan fingerprint density at radius 2 is 1.58 bits per heavy atom. The first-order chi connectivity index (χ1) is 12.5. The molecule has 1 N–H and O–H groups in total. The second-order valence-electron chi connectivity index (χ2n) is 6.82. The van der Waals surface area contributed by atoms with Gasteiger partial charge in [0.15, 0.2) is 0 Å². The van der Waals surface area contributed by atoms with Gasteiger partial charge in [-0.1, -0.05) is 30.3 Å². The summed E-state index contributed by atoms with van der Waals surface area (Å²) in [5, 5.41) is 3.04. The number of halogens is 1. The van der Waals surface area contributed by atoms with Crippen LogP contribution in [-0.4, -0.2) is 43.0 Å². The normalized spacial score (nSPS) is 17.6. The molecule has 0 radical (unpaired) electrons. The number of nitrogens with one attached hydrogen (secondary N) is 1. The van der Waals surface area contributed by atoms with E-state index in [4.69, 9.17) is 0 Å². The average molecular weight is 355 g/mol. The summed E-state index contributed by atoms with van der Waals surface area (Å²) in [5.41, 5.74) is 2.13. The number of carbonyl (C=O) groups is 1. The Balaban J connectivity index is 1.52. The molecule has 2 atom stereocenters. The highest BCUT2D eigenvalue weighted by molar-refractivity contribution is 5.81. The number of hydrogen-bond donors (Lipinski definition) is 1. The van der Waals surface area contributed by atoms with Crippen molar-refractivity contribution in [1.82, 2.24) is 10.2 Å². The standard InChI is InChI=1S/C21H26FN3O/c1-16(18-8-10-19(22)11-9-18)23-21(26)17(2)24-12-14-25(15-13-24)20-6-4-3-5-7-20/h3-11,16-17H,12-15H2,1-2H3,(H,23,26)/t16-,17-/m0/s1. The fraction of sp³-hybridized carbons (Fsp3) is 0.381. The number of para-hydroxylation sites is 1. The SMILES string of the molecule is C[C@H](NC(=O)[C@H](C)N1CCN(c2ccccc2)CC1)c1ccc(F)cc1. The van der Waals surface area contributed by atoms with Crippen molar-refractivity contribution < 1.29 is 9.18 Å². The van der Waals surface area contributed by atoms with Gasteiger partial charge in [0.25, 0.3) is 0 Å². The molecule has 0 bridgehead atoms. The Morgan fingerprint density at radius 1 is 0.962 bits per heavy atom. The largest absolute Gasteiger partial charge is 0.369 e. The molecular weight excluding hydrogens is 329 g/mol. The lowest BCUT2D eigenvalue weighted by atomic mass is 10.1. The molecule has 138 valence electrons. The number of nitrogens with zero attached hydrogens (tertiary/aromatic N) is 2. The Hall–Kier alpha value is -2.40. The van der Waals surface area contributed by atoms with Crippen molar-refractivity contribution in [1.29, 1.82) is 0 Å². The molecule has 1 fully saturated rings. The molecule has 26 heavy (non-hydrogen) atoms. The van der Waals surface area contributed by atoms with Gasteiger partial charge >= 0.3 is 0 Å². The van der Waals surface area contributed by atoms with Crippen molar-refractivity contribution >= 4 is 11.6 Å². The van der Waals surface area contributed by atoms with Gasteiger partial charge in [-0.25, -0.2) is 4.39 Å². The molecule has 0 aliphatic carbocycles. The summed E-state index contributed by atoms with van der Waals surface area (Å²) in [7, 11) is 0. The third-order valence-corrected chi connectivity index (χ3v) is 5.09. The van der Waals surface area contributed by atoms with Crippen molar-refractivity contribution in [2.75, 3.05) is 31.1 Å². The number of carbonyl (C=O) groups excluding carboxylic acids is 1. The molecule has 2 aromatic carbocycles. The van der Waals surface area contributed by atoms with Crippen LogP contribution in [0.3, 0.4) is 0 Å². The minimum atomic E-state index is -0.267. The third-order valence-electron chi connectivity index (χ3n) is 5.09. The van der Waals surface area contributed by atoms with Crippen LogP contribution in [0, 0.1) is 5.82 Å². The van der Waals surface area contributed by atoms with Gasteiger partial charge in [-0.15, -0.1) is 0 Å². The number of rotatable bonds is 5. The van der Waals surface area contributed by atoms with E-state index in [0.717, 1.165) is 31.7 Å². The van der Waals surface area contributed by atoms with E-state index in [1.807, 2.05) is 19.9 Å². The minimum Gasteiger partial charge on any atom is -0.369 e. The highest BCUT2D eigenvalue weighted by Gasteiger charge is 2.26. The predicted octanol–water partition coefficient (Wildman–Crippen LogP) is 3.21. The summed E-state index contributed by atoms with van der Waals surface area (Å²) in [6, 6.07) is 16.3. The predicted molar refractivity (Wildman–Crippen MR) is 103 cm³/mol. The molecular formula is C21H26FN3O. The molecule has 1 amide bonds. The first kappa shape index (κ1) is 18.4. The molecule has 4 nitrogen and oxygen atoms in total. The molecule has 1 aliphatic heterocycles.